The van der Waals surface area contributed by atoms with Crippen molar-refractivity contribution in [2.75, 3.05) is 24.6 Å². The van der Waals surface area contributed by atoms with Crippen molar-refractivity contribution in [2.45, 2.75) is 37.9 Å². The number of hydrogen-bond donors (Lipinski definition) is 1. The first-order valence-corrected chi connectivity index (χ1v) is 10.8. The largest absolute Gasteiger partial charge is 0.508 e. The molecular formula is C18H24N2O4S. The fourth-order valence-corrected chi connectivity index (χ4v) is 6.29. The van der Waals surface area contributed by atoms with Crippen LogP contribution in [0.25, 0.3) is 0 Å². The van der Waals surface area contributed by atoms with Gasteiger partial charge < -0.3 is 10.0 Å². The van der Waals surface area contributed by atoms with E-state index in [1.54, 1.807) is 18.2 Å². The van der Waals surface area contributed by atoms with Crippen LogP contribution in [-0.2, 0) is 21.2 Å². The van der Waals surface area contributed by atoms with Gasteiger partial charge in [0.05, 0.1) is 17.5 Å². The summed E-state index contributed by atoms with van der Waals surface area (Å²) in [7, 11) is -3.13. The molecule has 2 atom stereocenters. The third-order valence-corrected chi connectivity index (χ3v) is 7.52. The molecule has 2 heterocycles. The van der Waals surface area contributed by atoms with Gasteiger partial charge >= 0.3 is 0 Å². The van der Waals surface area contributed by atoms with E-state index in [1.807, 2.05) is 11.0 Å². The van der Waals surface area contributed by atoms with Crippen LogP contribution in [0.15, 0.2) is 24.3 Å². The Morgan fingerprint density at radius 3 is 2.60 bits per heavy atom. The standard InChI is InChI=1S/C18H24N2O4S/c21-15-6-1-3-13(9-15)10-19-7-8-20(18(22)14-4-2-5-14)17-12-25(23,24)11-16(17)19/h1,3,6,9,14,16-17,21H,2,4-5,7-8,10-12H2/t16-,17+/m0/s1. The number of aromatic hydroxyl groups is 1. The molecule has 0 spiro atoms. The summed E-state index contributed by atoms with van der Waals surface area (Å²) in [4.78, 5) is 16.7. The summed E-state index contributed by atoms with van der Waals surface area (Å²) in [6.45, 7) is 1.85. The highest BCUT2D eigenvalue weighted by Crippen LogP contribution is 2.34. The van der Waals surface area contributed by atoms with Gasteiger partial charge in [0.1, 0.15) is 5.75 Å². The van der Waals surface area contributed by atoms with Crippen molar-refractivity contribution in [1.29, 1.82) is 0 Å². The molecule has 6 nitrogen and oxygen atoms in total. The molecule has 3 aliphatic rings. The van der Waals surface area contributed by atoms with E-state index in [4.69, 9.17) is 0 Å². The number of rotatable bonds is 3. The molecule has 25 heavy (non-hydrogen) atoms. The van der Waals surface area contributed by atoms with Crippen LogP contribution in [-0.4, -0.2) is 65.9 Å². The fourth-order valence-electron chi connectivity index (χ4n) is 4.27. The summed E-state index contributed by atoms with van der Waals surface area (Å²) < 4.78 is 24.5. The fraction of sp³-hybridized carbons (Fsp3) is 0.611. The molecule has 0 aromatic heterocycles. The number of fused-ring (bicyclic) bond motifs is 1. The molecule has 1 amide bonds. The molecule has 0 bridgehead atoms. The predicted octanol–water partition coefficient (Wildman–Crippen LogP) is 1.00. The van der Waals surface area contributed by atoms with Crippen LogP contribution in [0.4, 0.5) is 0 Å². The first-order valence-electron chi connectivity index (χ1n) is 8.96. The zero-order chi connectivity index (χ0) is 17.6. The van der Waals surface area contributed by atoms with Crippen LogP contribution in [0, 0.1) is 5.92 Å². The van der Waals surface area contributed by atoms with Gasteiger partial charge in [0.2, 0.25) is 5.91 Å². The normalized spacial score (nSPS) is 29.2. The molecule has 7 heteroatoms. The van der Waals surface area contributed by atoms with E-state index in [-0.39, 0.29) is 41.2 Å². The number of sulfone groups is 1. The average Bonchev–Trinajstić information content (AvgIpc) is 2.81. The number of amides is 1. The Morgan fingerprint density at radius 2 is 1.92 bits per heavy atom. The maximum absolute atomic E-state index is 12.7. The lowest BCUT2D eigenvalue weighted by molar-refractivity contribution is -0.144. The lowest BCUT2D eigenvalue weighted by Gasteiger charge is -2.45. The van der Waals surface area contributed by atoms with Crippen LogP contribution >= 0.6 is 0 Å². The molecule has 1 aliphatic carbocycles. The maximum Gasteiger partial charge on any atom is 0.226 e. The van der Waals surface area contributed by atoms with E-state index < -0.39 is 9.84 Å². The number of hydrogen-bond acceptors (Lipinski definition) is 5. The van der Waals surface area contributed by atoms with Crippen LogP contribution in [0.5, 0.6) is 5.75 Å². The van der Waals surface area contributed by atoms with Crippen LogP contribution in [0.3, 0.4) is 0 Å². The zero-order valence-electron chi connectivity index (χ0n) is 14.2. The molecular weight excluding hydrogens is 340 g/mol. The molecule has 1 aromatic rings. The summed E-state index contributed by atoms with van der Waals surface area (Å²) >= 11 is 0. The molecule has 136 valence electrons. The Morgan fingerprint density at radius 1 is 1.16 bits per heavy atom. The van der Waals surface area contributed by atoms with Crippen molar-refractivity contribution in [1.82, 2.24) is 9.80 Å². The molecule has 0 radical (unpaired) electrons. The van der Waals surface area contributed by atoms with Crippen molar-refractivity contribution in [3.05, 3.63) is 29.8 Å². The number of benzene rings is 1. The van der Waals surface area contributed by atoms with Gasteiger partial charge in [-0.2, -0.15) is 0 Å². The Kier molecular flexibility index (Phi) is 4.24. The van der Waals surface area contributed by atoms with Crippen molar-refractivity contribution in [2.24, 2.45) is 5.92 Å². The first kappa shape index (κ1) is 16.8. The van der Waals surface area contributed by atoms with Gasteiger partial charge in [0.15, 0.2) is 9.84 Å². The van der Waals surface area contributed by atoms with Gasteiger partial charge in [-0.25, -0.2) is 8.42 Å². The van der Waals surface area contributed by atoms with Crippen molar-refractivity contribution >= 4 is 15.7 Å². The number of piperazine rings is 1. The summed E-state index contributed by atoms with van der Waals surface area (Å²) in [5.74, 6) is 0.654. The topological polar surface area (TPSA) is 77.9 Å². The van der Waals surface area contributed by atoms with Gasteiger partial charge in [-0.1, -0.05) is 18.6 Å². The second kappa shape index (κ2) is 6.29. The van der Waals surface area contributed by atoms with Gasteiger partial charge in [0, 0.05) is 31.6 Å². The molecule has 1 N–H and O–H groups in total. The molecule has 1 saturated carbocycles. The summed E-state index contributed by atoms with van der Waals surface area (Å²) in [6.07, 6.45) is 2.97. The molecule has 0 unspecified atom stereocenters. The monoisotopic (exact) mass is 364 g/mol. The van der Waals surface area contributed by atoms with E-state index in [0.29, 0.717) is 19.6 Å². The Hall–Kier alpha value is -1.60. The number of carbonyl (C=O) groups is 1. The molecule has 1 aromatic carbocycles. The molecule has 2 aliphatic heterocycles. The van der Waals surface area contributed by atoms with Gasteiger partial charge in [-0.15, -0.1) is 0 Å². The van der Waals surface area contributed by atoms with Crippen molar-refractivity contribution in [3.8, 4) is 5.75 Å². The SMILES string of the molecule is O=C(C1CCC1)N1CCN(Cc2cccc(O)c2)[C@H]2CS(=O)(=O)C[C@H]21. The highest BCUT2D eigenvalue weighted by Gasteiger charge is 2.49. The third-order valence-electron chi connectivity index (χ3n) is 5.82. The van der Waals surface area contributed by atoms with Gasteiger partial charge in [-0.3, -0.25) is 9.69 Å². The van der Waals surface area contributed by atoms with Crippen molar-refractivity contribution in [3.63, 3.8) is 0 Å². The molecule has 3 fully saturated rings. The minimum Gasteiger partial charge on any atom is -0.508 e. The highest BCUT2D eigenvalue weighted by molar-refractivity contribution is 7.91. The summed E-state index contributed by atoms with van der Waals surface area (Å²) in [5.41, 5.74) is 0.960. The van der Waals surface area contributed by atoms with E-state index in [2.05, 4.69) is 4.90 Å². The van der Waals surface area contributed by atoms with Gasteiger partial charge in [-0.05, 0) is 30.5 Å². The van der Waals surface area contributed by atoms with E-state index in [0.717, 1.165) is 24.8 Å². The van der Waals surface area contributed by atoms with E-state index >= 15 is 0 Å². The zero-order valence-corrected chi connectivity index (χ0v) is 15.0. The van der Waals surface area contributed by atoms with Crippen LogP contribution in [0.2, 0.25) is 0 Å². The highest BCUT2D eigenvalue weighted by atomic mass is 32.2. The number of phenols is 1. The average molecular weight is 364 g/mol. The minimum absolute atomic E-state index is 0.0761. The van der Waals surface area contributed by atoms with Crippen LogP contribution in [0.1, 0.15) is 24.8 Å². The van der Waals surface area contributed by atoms with E-state index in [9.17, 15) is 18.3 Å². The number of nitrogens with zero attached hydrogens (tertiary/aromatic N) is 2. The number of carbonyl (C=O) groups excluding carboxylic acids is 1. The molecule has 2 saturated heterocycles. The quantitative estimate of drug-likeness (QED) is 0.866. The smallest absolute Gasteiger partial charge is 0.226 e. The van der Waals surface area contributed by atoms with Gasteiger partial charge in [0.25, 0.3) is 0 Å². The second-order valence-electron chi connectivity index (χ2n) is 7.51. The lowest BCUT2D eigenvalue weighted by atomic mass is 9.83. The Bertz CT molecular complexity index is 775. The van der Waals surface area contributed by atoms with Crippen LogP contribution < -0.4 is 0 Å². The number of phenolic OH excluding ortho intramolecular Hbond substituents is 1. The van der Waals surface area contributed by atoms with Crippen molar-refractivity contribution < 1.29 is 18.3 Å². The minimum atomic E-state index is -3.13. The second-order valence-corrected chi connectivity index (χ2v) is 9.67. The Labute approximate surface area is 148 Å². The first-order chi connectivity index (χ1) is 11.9. The molecule has 4 rings (SSSR count). The third kappa shape index (κ3) is 3.27. The summed E-state index contributed by atoms with van der Waals surface area (Å²) in [5, 5.41) is 9.66. The Balaban J connectivity index is 1.55. The van der Waals surface area contributed by atoms with E-state index in [1.165, 1.54) is 0 Å². The lowest BCUT2D eigenvalue weighted by Crippen LogP contribution is -2.61. The maximum atomic E-state index is 12.7. The summed E-state index contributed by atoms with van der Waals surface area (Å²) in [6, 6.07) is 6.69. The predicted molar refractivity (Wildman–Crippen MR) is 93.8 cm³/mol.